The number of hydrogen-bond acceptors (Lipinski definition) is 2. The van der Waals surface area contributed by atoms with Gasteiger partial charge in [-0.2, -0.15) is 0 Å². The molecule has 0 aliphatic rings. The standard InChI is InChI=1S/C15H32O2/c1-12(2,3)10-14(6,7)17-15(8,9)11-13(4,5)16/h16H,10-11H2,1-9H3. The second-order valence-corrected chi connectivity index (χ2v) is 8.35. The van der Waals surface area contributed by atoms with E-state index in [9.17, 15) is 5.11 Å². The topological polar surface area (TPSA) is 29.5 Å². The molecule has 0 aliphatic carbocycles. The first kappa shape index (κ1) is 16.9. The van der Waals surface area contributed by atoms with Crippen LogP contribution in [0.5, 0.6) is 0 Å². The fourth-order valence-electron chi connectivity index (χ4n) is 3.14. The van der Waals surface area contributed by atoms with Crippen LogP contribution in [0.1, 0.15) is 75.2 Å². The van der Waals surface area contributed by atoms with Crippen molar-refractivity contribution in [3.8, 4) is 0 Å². The van der Waals surface area contributed by atoms with Gasteiger partial charge in [-0.1, -0.05) is 20.8 Å². The summed E-state index contributed by atoms with van der Waals surface area (Å²) >= 11 is 0. The van der Waals surface area contributed by atoms with Gasteiger partial charge in [-0.3, -0.25) is 0 Å². The van der Waals surface area contributed by atoms with Crippen LogP contribution < -0.4 is 0 Å². The normalized spacial score (nSPS) is 15.2. The van der Waals surface area contributed by atoms with Gasteiger partial charge in [0, 0.05) is 6.42 Å². The Kier molecular flexibility index (Phi) is 4.87. The Labute approximate surface area is 108 Å². The van der Waals surface area contributed by atoms with E-state index in [-0.39, 0.29) is 16.6 Å². The van der Waals surface area contributed by atoms with Crippen molar-refractivity contribution in [1.29, 1.82) is 0 Å². The van der Waals surface area contributed by atoms with Crippen LogP contribution >= 0.6 is 0 Å². The van der Waals surface area contributed by atoms with Crippen molar-refractivity contribution in [1.82, 2.24) is 0 Å². The molecule has 0 spiro atoms. The van der Waals surface area contributed by atoms with Crippen molar-refractivity contribution in [2.45, 2.75) is 92.0 Å². The van der Waals surface area contributed by atoms with Crippen molar-refractivity contribution in [3.05, 3.63) is 0 Å². The lowest BCUT2D eigenvalue weighted by atomic mass is 9.82. The molecule has 0 bridgehead atoms. The maximum absolute atomic E-state index is 9.90. The monoisotopic (exact) mass is 244 g/mol. The molecule has 0 saturated carbocycles. The van der Waals surface area contributed by atoms with E-state index >= 15 is 0 Å². The third-order valence-corrected chi connectivity index (χ3v) is 2.37. The van der Waals surface area contributed by atoms with Crippen molar-refractivity contribution in [3.63, 3.8) is 0 Å². The van der Waals surface area contributed by atoms with Gasteiger partial charge < -0.3 is 9.84 Å². The Bertz CT molecular complexity index is 213. The molecule has 0 unspecified atom stereocenters. The van der Waals surface area contributed by atoms with Gasteiger partial charge in [-0.15, -0.1) is 0 Å². The Balaban J connectivity index is 4.59. The summed E-state index contributed by atoms with van der Waals surface area (Å²) in [6, 6.07) is 0. The molecule has 0 aromatic heterocycles. The highest BCUT2D eigenvalue weighted by molar-refractivity contribution is 4.85. The predicted molar refractivity (Wildman–Crippen MR) is 74.2 cm³/mol. The Morgan fingerprint density at radius 2 is 1.06 bits per heavy atom. The highest BCUT2D eigenvalue weighted by Crippen LogP contribution is 2.35. The Morgan fingerprint density at radius 1 is 0.706 bits per heavy atom. The molecule has 17 heavy (non-hydrogen) atoms. The summed E-state index contributed by atoms with van der Waals surface area (Å²) in [4.78, 5) is 0. The molecule has 0 fully saturated rings. The summed E-state index contributed by atoms with van der Waals surface area (Å²) in [6.45, 7) is 18.7. The first-order valence-corrected chi connectivity index (χ1v) is 6.55. The van der Waals surface area contributed by atoms with Gasteiger partial charge in [0.2, 0.25) is 0 Å². The van der Waals surface area contributed by atoms with Gasteiger partial charge in [-0.25, -0.2) is 0 Å². The van der Waals surface area contributed by atoms with Gasteiger partial charge in [0.15, 0.2) is 0 Å². The van der Waals surface area contributed by atoms with E-state index < -0.39 is 5.60 Å². The molecule has 2 nitrogen and oxygen atoms in total. The van der Waals surface area contributed by atoms with Gasteiger partial charge in [-0.05, 0) is 53.4 Å². The molecule has 0 aliphatic heterocycles. The number of rotatable bonds is 5. The maximum Gasteiger partial charge on any atom is 0.0660 e. The van der Waals surface area contributed by atoms with Crippen LogP contribution in [-0.4, -0.2) is 21.9 Å². The predicted octanol–water partition coefficient (Wildman–Crippen LogP) is 4.16. The molecular formula is C15H32O2. The molecule has 0 aromatic rings. The summed E-state index contributed by atoms with van der Waals surface area (Å²) in [7, 11) is 0. The average Bonchev–Trinajstić information content (AvgIpc) is 1.65. The van der Waals surface area contributed by atoms with Crippen LogP contribution in [0, 0.1) is 5.41 Å². The SMILES string of the molecule is CC(C)(C)CC(C)(C)OC(C)(C)CC(C)(C)O. The van der Waals surface area contributed by atoms with Gasteiger partial charge in [0.25, 0.3) is 0 Å². The average molecular weight is 244 g/mol. The second kappa shape index (κ2) is 4.89. The van der Waals surface area contributed by atoms with Gasteiger partial charge in [0.05, 0.1) is 16.8 Å². The van der Waals surface area contributed by atoms with Crippen LogP contribution in [0.2, 0.25) is 0 Å². The minimum atomic E-state index is -0.693. The van der Waals surface area contributed by atoms with Gasteiger partial charge in [0.1, 0.15) is 0 Å². The summed E-state index contributed by atoms with van der Waals surface area (Å²) in [6.07, 6.45) is 1.63. The third kappa shape index (κ3) is 9.61. The summed E-state index contributed by atoms with van der Waals surface area (Å²) in [5.41, 5.74) is -0.935. The highest BCUT2D eigenvalue weighted by Gasteiger charge is 2.35. The van der Waals surface area contributed by atoms with Crippen molar-refractivity contribution >= 4 is 0 Å². The fourth-order valence-corrected chi connectivity index (χ4v) is 3.14. The minimum absolute atomic E-state index is 0.174. The zero-order valence-electron chi connectivity index (χ0n) is 13.3. The van der Waals surface area contributed by atoms with E-state index in [1.165, 1.54) is 0 Å². The first-order valence-electron chi connectivity index (χ1n) is 6.55. The molecule has 0 radical (unpaired) electrons. The summed E-state index contributed by atoms with van der Waals surface area (Å²) in [5.74, 6) is 0. The summed E-state index contributed by atoms with van der Waals surface area (Å²) < 4.78 is 6.22. The summed E-state index contributed by atoms with van der Waals surface area (Å²) in [5, 5.41) is 9.90. The highest BCUT2D eigenvalue weighted by atomic mass is 16.5. The Morgan fingerprint density at radius 3 is 1.35 bits per heavy atom. The molecule has 0 saturated heterocycles. The van der Waals surface area contributed by atoms with Crippen LogP contribution in [0.4, 0.5) is 0 Å². The number of ether oxygens (including phenoxy) is 1. The van der Waals surface area contributed by atoms with Crippen LogP contribution in [0.15, 0.2) is 0 Å². The maximum atomic E-state index is 9.90. The molecule has 0 atom stereocenters. The largest absolute Gasteiger partial charge is 0.390 e. The van der Waals surface area contributed by atoms with E-state index in [4.69, 9.17) is 4.74 Å². The van der Waals surface area contributed by atoms with E-state index in [0.29, 0.717) is 6.42 Å². The van der Waals surface area contributed by atoms with Crippen LogP contribution in [0.3, 0.4) is 0 Å². The zero-order chi connectivity index (χ0) is 14.1. The minimum Gasteiger partial charge on any atom is -0.390 e. The smallest absolute Gasteiger partial charge is 0.0660 e. The molecule has 0 rings (SSSR count). The van der Waals surface area contributed by atoms with Crippen LogP contribution in [-0.2, 0) is 4.74 Å². The molecular weight excluding hydrogens is 212 g/mol. The van der Waals surface area contributed by atoms with Crippen molar-refractivity contribution in [2.75, 3.05) is 0 Å². The molecule has 0 heterocycles. The quantitative estimate of drug-likeness (QED) is 0.787. The van der Waals surface area contributed by atoms with Crippen LogP contribution in [0.25, 0.3) is 0 Å². The van der Waals surface area contributed by atoms with E-state index in [1.807, 2.05) is 13.8 Å². The Hall–Kier alpha value is -0.0800. The molecule has 0 aromatic carbocycles. The van der Waals surface area contributed by atoms with Crippen molar-refractivity contribution in [2.24, 2.45) is 5.41 Å². The number of aliphatic hydroxyl groups is 1. The third-order valence-electron chi connectivity index (χ3n) is 2.37. The molecule has 1 N–H and O–H groups in total. The number of hydrogen-bond donors (Lipinski definition) is 1. The van der Waals surface area contributed by atoms with Crippen molar-refractivity contribution < 1.29 is 9.84 Å². The van der Waals surface area contributed by atoms with E-state index in [2.05, 4.69) is 48.5 Å². The van der Waals surface area contributed by atoms with E-state index in [0.717, 1.165) is 6.42 Å². The molecule has 0 amide bonds. The molecule has 2 heteroatoms. The zero-order valence-corrected chi connectivity index (χ0v) is 13.3. The second-order valence-electron chi connectivity index (χ2n) is 8.35. The lowest BCUT2D eigenvalue weighted by Crippen LogP contribution is -2.43. The fraction of sp³-hybridized carbons (Fsp3) is 1.00. The lowest BCUT2D eigenvalue weighted by molar-refractivity contribution is -0.158. The molecule has 104 valence electrons. The lowest BCUT2D eigenvalue weighted by Gasteiger charge is -2.41. The first-order chi connectivity index (χ1) is 7.12. The van der Waals surface area contributed by atoms with Gasteiger partial charge >= 0.3 is 0 Å². The van der Waals surface area contributed by atoms with E-state index in [1.54, 1.807) is 0 Å².